The lowest BCUT2D eigenvalue weighted by atomic mass is 10.3. The van der Waals surface area contributed by atoms with Gasteiger partial charge < -0.3 is 5.11 Å². The first-order valence-electron chi connectivity index (χ1n) is 3.67. The van der Waals surface area contributed by atoms with Crippen molar-refractivity contribution in [2.24, 2.45) is 7.05 Å². The van der Waals surface area contributed by atoms with E-state index in [9.17, 15) is 0 Å². The van der Waals surface area contributed by atoms with E-state index in [1.165, 1.54) is 6.20 Å². The minimum absolute atomic E-state index is 0.179. The number of aromatic hydroxyl groups is 1. The largest absolute Gasteiger partial charge is 0.506 e. The van der Waals surface area contributed by atoms with E-state index in [1.807, 2.05) is 14.0 Å². The van der Waals surface area contributed by atoms with Crippen molar-refractivity contribution in [1.82, 2.24) is 14.8 Å². The number of fused-ring (bicyclic) bond motifs is 1. The van der Waals surface area contributed by atoms with E-state index >= 15 is 0 Å². The summed E-state index contributed by atoms with van der Waals surface area (Å²) >= 11 is 0. The molecule has 62 valence electrons. The van der Waals surface area contributed by atoms with E-state index in [2.05, 4.69) is 10.1 Å². The van der Waals surface area contributed by atoms with Gasteiger partial charge in [0.05, 0.1) is 11.9 Å². The second-order valence-electron chi connectivity index (χ2n) is 2.77. The van der Waals surface area contributed by atoms with Crippen molar-refractivity contribution in [1.29, 1.82) is 0 Å². The number of aromatic nitrogens is 3. The number of hydrogen-bond acceptors (Lipinski definition) is 3. The Hall–Kier alpha value is -1.58. The monoisotopic (exact) mass is 163 g/mol. The van der Waals surface area contributed by atoms with Crippen molar-refractivity contribution < 1.29 is 5.11 Å². The molecule has 4 nitrogen and oxygen atoms in total. The molecule has 0 radical (unpaired) electrons. The van der Waals surface area contributed by atoms with Crippen molar-refractivity contribution >= 4 is 11.0 Å². The lowest BCUT2D eigenvalue weighted by molar-refractivity contribution is 0.473. The van der Waals surface area contributed by atoms with Crippen LogP contribution >= 0.6 is 0 Å². The summed E-state index contributed by atoms with van der Waals surface area (Å²) in [4.78, 5) is 4.05. The van der Waals surface area contributed by atoms with Crippen LogP contribution in [0.3, 0.4) is 0 Å². The zero-order valence-corrected chi connectivity index (χ0v) is 6.94. The van der Waals surface area contributed by atoms with E-state index in [1.54, 1.807) is 10.7 Å². The summed E-state index contributed by atoms with van der Waals surface area (Å²) in [5.74, 6) is 0.179. The standard InChI is InChI=1S/C8H9N3O/c1-5-7-3-6(12)4-9-8(7)11(2)10-5/h3-4,12H,1-2H3. The molecule has 0 bridgehead atoms. The van der Waals surface area contributed by atoms with Crippen LogP contribution in [0.15, 0.2) is 12.3 Å². The summed E-state index contributed by atoms with van der Waals surface area (Å²) in [6, 6.07) is 1.67. The Labute approximate surface area is 69.5 Å². The molecule has 0 fully saturated rings. The molecule has 0 aliphatic rings. The van der Waals surface area contributed by atoms with Crippen molar-refractivity contribution in [3.63, 3.8) is 0 Å². The molecule has 2 aromatic heterocycles. The molecule has 0 aliphatic heterocycles. The summed E-state index contributed by atoms with van der Waals surface area (Å²) in [6.07, 6.45) is 1.42. The third-order valence-corrected chi connectivity index (χ3v) is 1.85. The number of rotatable bonds is 0. The van der Waals surface area contributed by atoms with Gasteiger partial charge in [-0.25, -0.2) is 4.98 Å². The molecule has 0 spiro atoms. The molecule has 0 saturated heterocycles. The van der Waals surface area contributed by atoms with Crippen molar-refractivity contribution in [2.75, 3.05) is 0 Å². The topological polar surface area (TPSA) is 50.9 Å². The van der Waals surface area contributed by atoms with Crippen LogP contribution < -0.4 is 0 Å². The normalized spacial score (nSPS) is 10.8. The zero-order chi connectivity index (χ0) is 8.72. The maximum Gasteiger partial charge on any atom is 0.157 e. The smallest absolute Gasteiger partial charge is 0.157 e. The van der Waals surface area contributed by atoms with Crippen LogP contribution in [0, 0.1) is 6.92 Å². The van der Waals surface area contributed by atoms with E-state index < -0.39 is 0 Å². The maximum atomic E-state index is 9.16. The summed E-state index contributed by atoms with van der Waals surface area (Å²) in [5.41, 5.74) is 1.68. The lowest BCUT2D eigenvalue weighted by Gasteiger charge is -1.92. The first-order chi connectivity index (χ1) is 5.68. The Morgan fingerprint density at radius 1 is 1.50 bits per heavy atom. The van der Waals surface area contributed by atoms with Gasteiger partial charge in [0.25, 0.3) is 0 Å². The second-order valence-corrected chi connectivity index (χ2v) is 2.77. The Balaban J connectivity index is 2.90. The second kappa shape index (κ2) is 2.20. The summed E-state index contributed by atoms with van der Waals surface area (Å²) in [6.45, 7) is 1.89. The van der Waals surface area contributed by atoms with E-state index in [0.717, 1.165) is 16.7 Å². The molecule has 12 heavy (non-hydrogen) atoms. The summed E-state index contributed by atoms with van der Waals surface area (Å²) in [5, 5.41) is 14.2. The van der Waals surface area contributed by atoms with Crippen molar-refractivity contribution in [2.45, 2.75) is 6.92 Å². The highest BCUT2D eigenvalue weighted by atomic mass is 16.3. The Kier molecular flexibility index (Phi) is 1.30. The van der Waals surface area contributed by atoms with Crippen LogP contribution in [0.2, 0.25) is 0 Å². The fourth-order valence-corrected chi connectivity index (χ4v) is 1.30. The van der Waals surface area contributed by atoms with E-state index in [-0.39, 0.29) is 5.75 Å². The van der Waals surface area contributed by atoms with E-state index in [4.69, 9.17) is 5.11 Å². The average molecular weight is 163 g/mol. The Bertz CT molecular complexity index is 433. The van der Waals surface area contributed by atoms with E-state index in [0.29, 0.717) is 0 Å². The Morgan fingerprint density at radius 2 is 2.25 bits per heavy atom. The third kappa shape index (κ3) is 0.845. The first-order valence-corrected chi connectivity index (χ1v) is 3.67. The minimum Gasteiger partial charge on any atom is -0.506 e. The molecule has 0 aliphatic carbocycles. The predicted octanol–water partition coefficient (Wildman–Crippen LogP) is 0.982. The Morgan fingerprint density at radius 3 is 3.00 bits per heavy atom. The van der Waals surface area contributed by atoms with Gasteiger partial charge in [-0.2, -0.15) is 5.10 Å². The van der Waals surface area contributed by atoms with Gasteiger partial charge in [-0.1, -0.05) is 0 Å². The quantitative estimate of drug-likeness (QED) is 0.629. The predicted molar refractivity (Wildman–Crippen MR) is 44.9 cm³/mol. The number of aryl methyl sites for hydroxylation is 2. The molecule has 0 amide bonds. The molecule has 2 rings (SSSR count). The molecular weight excluding hydrogens is 154 g/mol. The number of pyridine rings is 1. The lowest BCUT2D eigenvalue weighted by Crippen LogP contribution is -1.90. The van der Waals surface area contributed by atoms with Crippen molar-refractivity contribution in [3.05, 3.63) is 18.0 Å². The molecule has 0 atom stereocenters. The highest BCUT2D eigenvalue weighted by Gasteiger charge is 2.05. The number of hydrogen-bond donors (Lipinski definition) is 1. The molecule has 0 aromatic carbocycles. The molecule has 1 N–H and O–H groups in total. The van der Waals surface area contributed by atoms with Gasteiger partial charge in [0.2, 0.25) is 0 Å². The maximum absolute atomic E-state index is 9.16. The molecule has 0 unspecified atom stereocenters. The van der Waals surface area contributed by atoms with Gasteiger partial charge in [0.15, 0.2) is 5.65 Å². The van der Waals surface area contributed by atoms with Gasteiger partial charge in [-0.05, 0) is 13.0 Å². The summed E-state index contributed by atoms with van der Waals surface area (Å²) < 4.78 is 1.70. The molecule has 2 heterocycles. The first kappa shape index (κ1) is 7.09. The van der Waals surface area contributed by atoms with Crippen LogP contribution in [-0.2, 0) is 7.05 Å². The fourth-order valence-electron chi connectivity index (χ4n) is 1.30. The van der Waals surface area contributed by atoms with Gasteiger partial charge in [0.1, 0.15) is 5.75 Å². The zero-order valence-electron chi connectivity index (χ0n) is 6.94. The number of nitrogens with zero attached hydrogens (tertiary/aromatic N) is 3. The molecule has 0 saturated carbocycles. The van der Waals surface area contributed by atoms with Crippen LogP contribution in [0.4, 0.5) is 0 Å². The fraction of sp³-hybridized carbons (Fsp3) is 0.250. The SMILES string of the molecule is Cc1nn(C)c2ncc(O)cc12. The van der Waals surface area contributed by atoms with Crippen molar-refractivity contribution in [3.8, 4) is 5.75 Å². The average Bonchev–Trinajstić information content (AvgIpc) is 2.28. The minimum atomic E-state index is 0.179. The molecular formula is C8H9N3O. The van der Waals surface area contributed by atoms with Crippen LogP contribution in [0.1, 0.15) is 5.69 Å². The van der Waals surface area contributed by atoms with Crippen LogP contribution in [-0.4, -0.2) is 19.9 Å². The molecule has 2 aromatic rings. The molecule has 4 heteroatoms. The third-order valence-electron chi connectivity index (χ3n) is 1.85. The van der Waals surface area contributed by atoms with Gasteiger partial charge in [-0.3, -0.25) is 4.68 Å². The van der Waals surface area contributed by atoms with Crippen LogP contribution in [0.5, 0.6) is 5.75 Å². The van der Waals surface area contributed by atoms with Gasteiger partial charge in [0, 0.05) is 12.4 Å². The summed E-state index contributed by atoms with van der Waals surface area (Å²) in [7, 11) is 1.83. The van der Waals surface area contributed by atoms with Gasteiger partial charge in [-0.15, -0.1) is 0 Å². The highest BCUT2D eigenvalue weighted by Crippen LogP contribution is 2.19. The van der Waals surface area contributed by atoms with Gasteiger partial charge >= 0.3 is 0 Å². The highest BCUT2D eigenvalue weighted by molar-refractivity contribution is 5.79. The van der Waals surface area contributed by atoms with Crippen LogP contribution in [0.25, 0.3) is 11.0 Å².